The summed E-state index contributed by atoms with van der Waals surface area (Å²) in [5.41, 5.74) is 4.47. The van der Waals surface area contributed by atoms with Gasteiger partial charge >= 0.3 is 0 Å². The molecule has 4 rings (SSSR count). The summed E-state index contributed by atoms with van der Waals surface area (Å²) in [7, 11) is 0. The fourth-order valence-electron chi connectivity index (χ4n) is 3.16. The van der Waals surface area contributed by atoms with E-state index >= 15 is 0 Å². The number of ether oxygens (including phenoxy) is 3. The van der Waals surface area contributed by atoms with Gasteiger partial charge in [-0.15, -0.1) is 0 Å². The molecule has 2 aliphatic rings. The lowest BCUT2D eigenvalue weighted by Crippen LogP contribution is -2.36. The minimum Gasteiger partial charge on any atom is -0.490 e. The van der Waals surface area contributed by atoms with Crippen molar-refractivity contribution in [1.29, 1.82) is 0 Å². The maximum Gasteiger partial charge on any atom is 0.150 e. The van der Waals surface area contributed by atoms with E-state index in [0.717, 1.165) is 47.3 Å². The summed E-state index contributed by atoms with van der Waals surface area (Å²) in [5.74, 6) is 2.57. The molecule has 24 heavy (non-hydrogen) atoms. The third-order valence-electron chi connectivity index (χ3n) is 4.29. The second-order valence-corrected chi connectivity index (χ2v) is 6.32. The van der Waals surface area contributed by atoms with Gasteiger partial charge in [-0.25, -0.2) is 0 Å². The van der Waals surface area contributed by atoms with Crippen LogP contribution in [-0.2, 0) is 0 Å². The number of fused-ring (bicyclic) bond motifs is 2. The van der Waals surface area contributed by atoms with Crippen molar-refractivity contribution in [3.8, 4) is 17.2 Å². The summed E-state index contributed by atoms with van der Waals surface area (Å²) >= 11 is 0. The number of hydrogen-bond acceptors (Lipinski definition) is 5. The van der Waals surface area contributed by atoms with Crippen molar-refractivity contribution in [3.05, 3.63) is 41.5 Å². The molecule has 0 fully saturated rings. The number of benzene rings is 2. The third-order valence-corrected chi connectivity index (χ3v) is 4.29. The Hall–Kier alpha value is -2.56. The summed E-state index contributed by atoms with van der Waals surface area (Å²) in [6.07, 6.45) is -0.0195. The molecular weight excluding hydrogens is 304 g/mol. The smallest absolute Gasteiger partial charge is 0.150 e. The van der Waals surface area contributed by atoms with E-state index in [-0.39, 0.29) is 6.10 Å². The molecule has 5 heteroatoms. The first-order valence-corrected chi connectivity index (χ1v) is 8.34. The Balaban J connectivity index is 1.42. The van der Waals surface area contributed by atoms with Crippen LogP contribution in [0.2, 0.25) is 0 Å². The van der Waals surface area contributed by atoms with E-state index in [9.17, 15) is 0 Å². The maximum atomic E-state index is 6.12. The predicted octanol–water partition coefficient (Wildman–Crippen LogP) is 3.36. The van der Waals surface area contributed by atoms with Gasteiger partial charge in [0.1, 0.15) is 36.6 Å². The van der Waals surface area contributed by atoms with Crippen molar-refractivity contribution in [1.82, 2.24) is 0 Å². The zero-order chi connectivity index (χ0) is 16.5. The molecule has 0 saturated heterocycles. The zero-order valence-electron chi connectivity index (χ0n) is 14.0. The Morgan fingerprint density at radius 1 is 1.12 bits per heavy atom. The number of aryl methyl sites for hydroxylation is 2. The number of hydrogen-bond donors (Lipinski definition) is 2. The molecule has 2 heterocycles. The second kappa shape index (κ2) is 6.15. The highest BCUT2D eigenvalue weighted by Crippen LogP contribution is 2.34. The minimum absolute atomic E-state index is 0.0195. The molecule has 0 spiro atoms. The van der Waals surface area contributed by atoms with Crippen molar-refractivity contribution in [2.45, 2.75) is 20.0 Å². The molecule has 0 bridgehead atoms. The summed E-state index contributed by atoms with van der Waals surface area (Å²) in [4.78, 5) is 0. The third kappa shape index (κ3) is 2.94. The summed E-state index contributed by atoms with van der Waals surface area (Å²) < 4.78 is 17.7. The van der Waals surface area contributed by atoms with Gasteiger partial charge in [0.2, 0.25) is 0 Å². The van der Waals surface area contributed by atoms with Crippen LogP contribution in [0.25, 0.3) is 0 Å². The van der Waals surface area contributed by atoms with Crippen LogP contribution in [0, 0.1) is 13.8 Å². The SMILES string of the molecule is Cc1cc(C)c2c(c1)NCC(COc1ccc3c(c1)OCCN3)O2. The van der Waals surface area contributed by atoms with Crippen molar-refractivity contribution in [2.24, 2.45) is 0 Å². The Kier molecular flexibility index (Phi) is 3.84. The quantitative estimate of drug-likeness (QED) is 0.906. The first-order valence-electron chi connectivity index (χ1n) is 8.34. The van der Waals surface area contributed by atoms with Gasteiger partial charge in [0, 0.05) is 12.6 Å². The molecule has 2 aromatic carbocycles. The predicted molar refractivity (Wildman–Crippen MR) is 94.7 cm³/mol. The Morgan fingerprint density at radius 3 is 2.96 bits per heavy atom. The first-order chi connectivity index (χ1) is 11.7. The molecule has 1 atom stereocenters. The van der Waals surface area contributed by atoms with Gasteiger partial charge in [-0.1, -0.05) is 6.07 Å². The van der Waals surface area contributed by atoms with Crippen LogP contribution in [0.1, 0.15) is 11.1 Å². The second-order valence-electron chi connectivity index (χ2n) is 6.32. The van der Waals surface area contributed by atoms with Crippen LogP contribution in [0.15, 0.2) is 30.3 Å². The van der Waals surface area contributed by atoms with E-state index in [4.69, 9.17) is 14.2 Å². The van der Waals surface area contributed by atoms with E-state index < -0.39 is 0 Å². The van der Waals surface area contributed by atoms with Gasteiger partial charge in [-0.2, -0.15) is 0 Å². The standard InChI is InChI=1S/C19H22N2O3/c1-12-7-13(2)19-17(8-12)21-10-15(24-19)11-23-14-3-4-16-18(9-14)22-6-5-20-16/h3-4,7-9,15,20-21H,5-6,10-11H2,1-2H3. The van der Waals surface area contributed by atoms with Crippen LogP contribution in [0.4, 0.5) is 11.4 Å². The highest BCUT2D eigenvalue weighted by atomic mass is 16.5. The first kappa shape index (κ1) is 15.0. The summed E-state index contributed by atoms with van der Waals surface area (Å²) in [5, 5.41) is 6.74. The van der Waals surface area contributed by atoms with Crippen molar-refractivity contribution in [2.75, 3.05) is 36.9 Å². The monoisotopic (exact) mass is 326 g/mol. The molecule has 0 saturated carbocycles. The minimum atomic E-state index is -0.0195. The van der Waals surface area contributed by atoms with E-state index in [2.05, 4.69) is 36.6 Å². The van der Waals surface area contributed by atoms with E-state index in [1.54, 1.807) is 0 Å². The van der Waals surface area contributed by atoms with Gasteiger partial charge in [0.25, 0.3) is 0 Å². The fraction of sp³-hybridized carbons (Fsp3) is 0.368. The molecule has 0 aromatic heterocycles. The molecule has 2 aromatic rings. The Labute approximate surface area is 141 Å². The number of nitrogens with one attached hydrogen (secondary N) is 2. The lowest BCUT2D eigenvalue weighted by atomic mass is 10.1. The van der Waals surface area contributed by atoms with Crippen LogP contribution in [0.3, 0.4) is 0 Å². The van der Waals surface area contributed by atoms with Crippen molar-refractivity contribution in [3.63, 3.8) is 0 Å². The van der Waals surface area contributed by atoms with Crippen LogP contribution >= 0.6 is 0 Å². The van der Waals surface area contributed by atoms with Crippen LogP contribution in [-0.4, -0.2) is 32.4 Å². The van der Waals surface area contributed by atoms with Gasteiger partial charge in [0.05, 0.1) is 17.9 Å². The lowest BCUT2D eigenvalue weighted by molar-refractivity contribution is 0.131. The Morgan fingerprint density at radius 2 is 2.04 bits per heavy atom. The van der Waals surface area contributed by atoms with Gasteiger partial charge < -0.3 is 24.8 Å². The lowest BCUT2D eigenvalue weighted by Gasteiger charge is -2.29. The molecule has 126 valence electrons. The molecule has 0 amide bonds. The molecule has 5 nitrogen and oxygen atoms in total. The van der Waals surface area contributed by atoms with Gasteiger partial charge in [-0.05, 0) is 43.2 Å². The average molecular weight is 326 g/mol. The van der Waals surface area contributed by atoms with E-state index in [0.29, 0.717) is 13.2 Å². The summed E-state index contributed by atoms with van der Waals surface area (Å²) in [6.45, 7) is 6.92. The Bertz CT molecular complexity index is 761. The van der Waals surface area contributed by atoms with Crippen LogP contribution in [0.5, 0.6) is 17.2 Å². The highest BCUT2D eigenvalue weighted by Gasteiger charge is 2.22. The van der Waals surface area contributed by atoms with Gasteiger partial charge in [-0.3, -0.25) is 0 Å². The molecular formula is C19H22N2O3. The topological polar surface area (TPSA) is 51.8 Å². The molecule has 0 radical (unpaired) electrons. The largest absolute Gasteiger partial charge is 0.490 e. The maximum absolute atomic E-state index is 6.12. The van der Waals surface area contributed by atoms with E-state index in [1.807, 2.05) is 18.2 Å². The van der Waals surface area contributed by atoms with E-state index in [1.165, 1.54) is 5.56 Å². The average Bonchev–Trinajstić information content (AvgIpc) is 2.60. The van der Waals surface area contributed by atoms with Crippen LogP contribution < -0.4 is 24.8 Å². The van der Waals surface area contributed by atoms with Crippen molar-refractivity contribution < 1.29 is 14.2 Å². The zero-order valence-corrected chi connectivity index (χ0v) is 14.0. The number of rotatable bonds is 3. The normalized spacial score (nSPS) is 18.2. The molecule has 0 aliphatic carbocycles. The van der Waals surface area contributed by atoms with Crippen molar-refractivity contribution >= 4 is 11.4 Å². The molecule has 1 unspecified atom stereocenters. The fourth-order valence-corrected chi connectivity index (χ4v) is 3.16. The molecule has 2 aliphatic heterocycles. The highest BCUT2D eigenvalue weighted by molar-refractivity contribution is 5.63. The molecule has 2 N–H and O–H groups in total. The van der Waals surface area contributed by atoms with Gasteiger partial charge in [0.15, 0.2) is 0 Å². The number of anilines is 2. The summed E-state index contributed by atoms with van der Waals surface area (Å²) in [6, 6.07) is 10.1.